The van der Waals surface area contributed by atoms with Crippen molar-refractivity contribution in [3.05, 3.63) is 23.9 Å². The second-order valence-electron chi connectivity index (χ2n) is 7.68. The van der Waals surface area contributed by atoms with Crippen LogP contribution in [0, 0.1) is 0 Å². The van der Waals surface area contributed by atoms with E-state index in [2.05, 4.69) is 38.8 Å². The number of aromatic nitrogens is 1. The Morgan fingerprint density at radius 3 is 2.22 bits per heavy atom. The summed E-state index contributed by atoms with van der Waals surface area (Å²) in [6.07, 6.45) is -1.61. The van der Waals surface area contributed by atoms with Gasteiger partial charge in [-0.05, 0) is 24.1 Å². The van der Waals surface area contributed by atoms with Gasteiger partial charge in [0.2, 0.25) is 11.5 Å². The summed E-state index contributed by atoms with van der Waals surface area (Å²) < 4.78 is 30.7. The highest BCUT2D eigenvalue weighted by Crippen LogP contribution is 2.42. The second kappa shape index (κ2) is 6.55. The fourth-order valence-corrected chi connectivity index (χ4v) is 4.52. The van der Waals surface area contributed by atoms with E-state index in [4.69, 9.17) is 4.74 Å². The number of ether oxygens (including phenoxy) is 1. The Bertz CT molecular complexity index is 555. The van der Waals surface area contributed by atoms with Crippen molar-refractivity contribution in [1.82, 2.24) is 4.98 Å². The standard InChI is InChI=1S/C16H25F2NO3Si/c1-15(2,3)23(5,6)10-16(4,14(20)21)22-12-8-7-11(9-19-12)13(17)18/h7-9,13H,10H2,1-6H3,(H,20,21). The van der Waals surface area contributed by atoms with E-state index in [1.807, 2.05) is 0 Å². The zero-order valence-corrected chi connectivity index (χ0v) is 15.5. The number of hydrogen-bond donors (Lipinski definition) is 1. The molecule has 0 radical (unpaired) electrons. The van der Waals surface area contributed by atoms with Gasteiger partial charge >= 0.3 is 5.97 Å². The molecule has 0 saturated heterocycles. The number of pyridine rings is 1. The van der Waals surface area contributed by atoms with Crippen LogP contribution in [0.5, 0.6) is 5.88 Å². The first-order valence-corrected chi connectivity index (χ1v) is 10.7. The molecule has 130 valence electrons. The van der Waals surface area contributed by atoms with Crippen LogP contribution >= 0.6 is 0 Å². The summed E-state index contributed by atoms with van der Waals surface area (Å²) in [4.78, 5) is 15.6. The average Bonchev–Trinajstić information content (AvgIpc) is 2.36. The number of nitrogens with zero attached hydrogens (tertiary/aromatic N) is 1. The van der Waals surface area contributed by atoms with Crippen molar-refractivity contribution in [1.29, 1.82) is 0 Å². The molecule has 1 heterocycles. The predicted molar refractivity (Wildman–Crippen MR) is 87.9 cm³/mol. The van der Waals surface area contributed by atoms with Crippen molar-refractivity contribution in [2.24, 2.45) is 0 Å². The van der Waals surface area contributed by atoms with Crippen molar-refractivity contribution in [2.45, 2.75) is 63.9 Å². The Balaban J connectivity index is 3.04. The van der Waals surface area contributed by atoms with Crippen LogP contribution in [-0.2, 0) is 4.79 Å². The van der Waals surface area contributed by atoms with Crippen molar-refractivity contribution >= 4 is 14.0 Å². The van der Waals surface area contributed by atoms with Gasteiger partial charge < -0.3 is 9.84 Å². The normalized spacial score (nSPS) is 15.3. The third-order valence-electron chi connectivity index (χ3n) is 4.60. The van der Waals surface area contributed by atoms with E-state index in [-0.39, 0.29) is 16.5 Å². The molecule has 0 aromatic carbocycles. The van der Waals surface area contributed by atoms with Crippen molar-refractivity contribution in [2.75, 3.05) is 0 Å². The summed E-state index contributed by atoms with van der Waals surface area (Å²) in [5.74, 6) is -1.04. The molecule has 0 saturated carbocycles. The van der Waals surface area contributed by atoms with E-state index in [1.165, 1.54) is 19.1 Å². The number of rotatable bonds is 6. The zero-order chi connectivity index (χ0) is 18.1. The van der Waals surface area contributed by atoms with Crippen molar-refractivity contribution in [3.63, 3.8) is 0 Å². The van der Waals surface area contributed by atoms with Crippen LogP contribution in [-0.4, -0.2) is 29.7 Å². The molecule has 1 N–H and O–H groups in total. The molecule has 0 aliphatic carbocycles. The molecule has 1 aromatic heterocycles. The summed E-state index contributed by atoms with van der Waals surface area (Å²) in [7, 11) is -1.94. The number of hydrogen-bond acceptors (Lipinski definition) is 3. The molecule has 0 aliphatic heterocycles. The molecule has 4 nitrogen and oxygen atoms in total. The summed E-state index contributed by atoms with van der Waals surface area (Å²) in [5, 5.41) is 9.62. The van der Waals surface area contributed by atoms with Gasteiger partial charge in [0.25, 0.3) is 6.43 Å². The molecular formula is C16H25F2NO3Si. The van der Waals surface area contributed by atoms with E-state index in [0.717, 1.165) is 6.20 Å². The Morgan fingerprint density at radius 2 is 1.87 bits per heavy atom. The Labute approximate surface area is 136 Å². The van der Waals surface area contributed by atoms with Gasteiger partial charge in [0.05, 0.1) is 8.07 Å². The fraction of sp³-hybridized carbons (Fsp3) is 0.625. The molecule has 1 unspecified atom stereocenters. The lowest BCUT2D eigenvalue weighted by Gasteiger charge is -2.41. The van der Waals surface area contributed by atoms with Gasteiger partial charge in [-0.1, -0.05) is 33.9 Å². The van der Waals surface area contributed by atoms with Crippen LogP contribution in [0.1, 0.15) is 39.7 Å². The minimum absolute atomic E-state index is 0.0000315. The molecule has 23 heavy (non-hydrogen) atoms. The third-order valence-corrected chi connectivity index (χ3v) is 10.2. The number of alkyl halides is 2. The van der Waals surface area contributed by atoms with E-state index in [1.54, 1.807) is 0 Å². The first kappa shape index (κ1) is 19.5. The lowest BCUT2D eigenvalue weighted by Crippen LogP contribution is -2.51. The van der Waals surface area contributed by atoms with Crippen LogP contribution in [0.2, 0.25) is 24.2 Å². The molecule has 1 atom stereocenters. The number of carbonyl (C=O) groups is 1. The smallest absolute Gasteiger partial charge is 0.347 e. The SMILES string of the molecule is CC(C[Si](C)(C)C(C)(C)C)(Oc1ccc(C(F)F)cn1)C(=O)O. The topological polar surface area (TPSA) is 59.4 Å². The van der Waals surface area contributed by atoms with Crippen LogP contribution in [0.15, 0.2) is 18.3 Å². The highest BCUT2D eigenvalue weighted by atomic mass is 28.3. The molecule has 7 heteroatoms. The summed E-state index contributed by atoms with van der Waals surface area (Å²) in [5.41, 5.74) is -1.67. The highest BCUT2D eigenvalue weighted by Gasteiger charge is 2.47. The van der Waals surface area contributed by atoms with Gasteiger partial charge in [0.1, 0.15) is 0 Å². The van der Waals surface area contributed by atoms with Crippen molar-refractivity contribution < 1.29 is 23.4 Å². The lowest BCUT2D eigenvalue weighted by atomic mass is 10.1. The predicted octanol–water partition coefficient (Wildman–Crippen LogP) is 4.75. The summed E-state index contributed by atoms with van der Waals surface area (Å²) in [6.45, 7) is 12.0. The molecule has 0 bridgehead atoms. The first-order valence-electron chi connectivity index (χ1n) is 7.45. The maximum Gasteiger partial charge on any atom is 0.347 e. The Kier molecular flexibility index (Phi) is 5.56. The fourth-order valence-electron chi connectivity index (χ4n) is 2.08. The van der Waals surface area contributed by atoms with Crippen LogP contribution < -0.4 is 4.74 Å². The maximum atomic E-state index is 12.5. The molecule has 1 aromatic rings. The number of halogens is 2. The van der Waals surface area contributed by atoms with Gasteiger partial charge in [0.15, 0.2) is 0 Å². The Morgan fingerprint density at radius 1 is 1.30 bits per heavy atom. The van der Waals surface area contributed by atoms with Crippen LogP contribution in [0.4, 0.5) is 8.78 Å². The zero-order valence-electron chi connectivity index (χ0n) is 14.5. The number of carboxylic acids is 1. The average molecular weight is 345 g/mol. The van der Waals surface area contributed by atoms with Crippen LogP contribution in [0.25, 0.3) is 0 Å². The van der Waals surface area contributed by atoms with Gasteiger partial charge in [0, 0.05) is 17.8 Å². The largest absolute Gasteiger partial charge is 0.478 e. The molecular weight excluding hydrogens is 320 g/mol. The summed E-state index contributed by atoms with van der Waals surface area (Å²) >= 11 is 0. The van der Waals surface area contributed by atoms with E-state index >= 15 is 0 Å². The van der Waals surface area contributed by atoms with E-state index in [9.17, 15) is 18.7 Å². The second-order valence-corrected chi connectivity index (χ2v) is 13.3. The van der Waals surface area contributed by atoms with Crippen LogP contribution in [0.3, 0.4) is 0 Å². The quantitative estimate of drug-likeness (QED) is 0.756. The third kappa shape index (κ3) is 4.73. The minimum Gasteiger partial charge on any atom is -0.478 e. The van der Waals surface area contributed by atoms with Crippen molar-refractivity contribution in [3.8, 4) is 5.88 Å². The first-order chi connectivity index (χ1) is 10.3. The molecule has 0 spiro atoms. The lowest BCUT2D eigenvalue weighted by molar-refractivity contribution is -0.152. The van der Waals surface area contributed by atoms with Gasteiger partial charge in [-0.15, -0.1) is 0 Å². The highest BCUT2D eigenvalue weighted by molar-refractivity contribution is 6.80. The van der Waals surface area contributed by atoms with Gasteiger partial charge in [-0.3, -0.25) is 0 Å². The maximum absolute atomic E-state index is 12.5. The molecule has 1 rings (SSSR count). The van der Waals surface area contributed by atoms with Gasteiger partial charge in [-0.25, -0.2) is 18.6 Å². The number of carboxylic acid groups (broad SMARTS) is 1. The monoisotopic (exact) mass is 345 g/mol. The minimum atomic E-state index is -2.62. The van der Waals surface area contributed by atoms with E-state index < -0.39 is 26.1 Å². The summed E-state index contributed by atoms with van der Waals surface area (Å²) in [6, 6.07) is 2.87. The molecule has 0 amide bonds. The van der Waals surface area contributed by atoms with Gasteiger partial charge in [-0.2, -0.15) is 0 Å². The van der Waals surface area contributed by atoms with E-state index in [0.29, 0.717) is 6.04 Å². The number of aliphatic carboxylic acids is 1. The molecule has 0 aliphatic rings. The Hall–Kier alpha value is -1.50. The molecule has 0 fully saturated rings.